The van der Waals surface area contributed by atoms with E-state index in [0.29, 0.717) is 5.75 Å². The molecule has 0 N–H and O–H groups in total. The minimum atomic E-state index is -4.53. The number of nitrogens with zero attached hydrogens (tertiary/aromatic N) is 1. The fraction of sp³-hybridized carbons (Fsp3) is 0.214. The van der Waals surface area contributed by atoms with Gasteiger partial charge in [-0.15, -0.1) is 0 Å². The zero-order valence-corrected chi connectivity index (χ0v) is 10.5. The number of halogens is 4. The normalized spacial score (nSPS) is 13.1. The molecule has 1 unspecified atom stereocenters. The van der Waals surface area contributed by atoms with Gasteiger partial charge in [0.05, 0.1) is 7.11 Å². The number of hydrogen-bond acceptors (Lipinski definition) is 2. The first kappa shape index (κ1) is 14.3. The summed E-state index contributed by atoms with van der Waals surface area (Å²) in [6.07, 6.45) is -3.50. The Morgan fingerprint density at radius 3 is 2.20 bits per heavy atom. The third-order valence-corrected chi connectivity index (χ3v) is 2.86. The summed E-state index contributed by atoms with van der Waals surface area (Å²) in [5.41, 5.74) is -0.168. The first-order valence-corrected chi connectivity index (χ1v) is 5.74. The molecule has 0 amide bonds. The van der Waals surface area contributed by atoms with Crippen molar-refractivity contribution in [2.75, 3.05) is 7.11 Å². The van der Waals surface area contributed by atoms with Crippen molar-refractivity contribution in [3.05, 3.63) is 59.7 Å². The summed E-state index contributed by atoms with van der Waals surface area (Å²) >= 11 is 0. The van der Waals surface area contributed by atoms with Crippen molar-refractivity contribution < 1.29 is 22.3 Å². The molecule has 0 aliphatic carbocycles. The number of aromatic nitrogens is 1. The average molecular weight is 285 g/mol. The number of methoxy groups -OCH3 is 1. The van der Waals surface area contributed by atoms with Crippen LogP contribution in [0.2, 0.25) is 0 Å². The molecule has 0 fully saturated rings. The lowest BCUT2D eigenvalue weighted by atomic mass is 9.91. The van der Waals surface area contributed by atoms with E-state index in [4.69, 9.17) is 4.74 Å². The monoisotopic (exact) mass is 285 g/mol. The Balaban J connectivity index is 2.47. The number of rotatable bonds is 3. The van der Waals surface area contributed by atoms with Gasteiger partial charge in [-0.1, -0.05) is 12.1 Å². The lowest BCUT2D eigenvalue weighted by molar-refractivity contribution is -0.141. The molecule has 1 atom stereocenters. The Bertz CT molecular complexity index is 580. The molecule has 20 heavy (non-hydrogen) atoms. The zero-order valence-electron chi connectivity index (χ0n) is 10.5. The molecule has 0 radical (unpaired) electrons. The third kappa shape index (κ3) is 3.07. The zero-order chi connectivity index (χ0) is 14.8. The fourth-order valence-electron chi connectivity index (χ4n) is 1.96. The van der Waals surface area contributed by atoms with Crippen LogP contribution in [-0.2, 0) is 0 Å². The average Bonchev–Trinajstić information content (AvgIpc) is 2.38. The lowest BCUT2D eigenvalue weighted by Gasteiger charge is -2.21. The van der Waals surface area contributed by atoms with E-state index in [9.17, 15) is 17.6 Å². The number of ether oxygens (including phenoxy) is 1. The minimum Gasteiger partial charge on any atom is -0.497 e. The Labute approximate surface area is 113 Å². The Morgan fingerprint density at radius 2 is 1.70 bits per heavy atom. The van der Waals surface area contributed by atoms with Gasteiger partial charge >= 0.3 is 6.18 Å². The van der Waals surface area contributed by atoms with Crippen molar-refractivity contribution in [3.8, 4) is 5.75 Å². The quantitative estimate of drug-likeness (QED) is 0.630. The molecule has 6 heteroatoms. The SMILES string of the molecule is COc1ccc(C(c2ccnc(F)c2)C(F)(F)F)cc1. The summed E-state index contributed by atoms with van der Waals surface area (Å²) in [5, 5.41) is 0. The summed E-state index contributed by atoms with van der Waals surface area (Å²) in [6, 6.07) is 7.45. The lowest BCUT2D eigenvalue weighted by Crippen LogP contribution is -2.22. The first-order valence-electron chi connectivity index (χ1n) is 5.74. The molecule has 1 aromatic carbocycles. The van der Waals surface area contributed by atoms with Crippen LogP contribution in [0, 0.1) is 5.95 Å². The number of benzene rings is 1. The van der Waals surface area contributed by atoms with Crippen LogP contribution in [0.4, 0.5) is 17.6 Å². The van der Waals surface area contributed by atoms with E-state index in [2.05, 4.69) is 4.98 Å². The van der Waals surface area contributed by atoms with Crippen molar-refractivity contribution in [2.24, 2.45) is 0 Å². The second kappa shape index (κ2) is 5.48. The maximum Gasteiger partial charge on any atom is 0.399 e. The minimum absolute atomic E-state index is 0.0175. The first-order chi connectivity index (χ1) is 9.41. The van der Waals surface area contributed by atoms with Crippen LogP contribution in [0.25, 0.3) is 0 Å². The molecule has 0 saturated carbocycles. The topological polar surface area (TPSA) is 22.1 Å². The summed E-state index contributed by atoms with van der Waals surface area (Å²) in [7, 11) is 1.43. The molecule has 2 aromatic rings. The second-order valence-electron chi connectivity index (χ2n) is 4.16. The largest absolute Gasteiger partial charge is 0.497 e. The molecule has 1 heterocycles. The van der Waals surface area contributed by atoms with E-state index in [-0.39, 0.29) is 11.1 Å². The van der Waals surface area contributed by atoms with Crippen molar-refractivity contribution >= 4 is 0 Å². The maximum atomic E-state index is 13.2. The van der Waals surface area contributed by atoms with Crippen molar-refractivity contribution in [1.82, 2.24) is 4.98 Å². The van der Waals surface area contributed by atoms with E-state index in [1.807, 2.05) is 0 Å². The molecule has 0 bridgehead atoms. The van der Waals surface area contributed by atoms with Gasteiger partial charge < -0.3 is 4.74 Å². The highest BCUT2D eigenvalue weighted by molar-refractivity contribution is 5.36. The van der Waals surface area contributed by atoms with Crippen LogP contribution in [0.5, 0.6) is 5.75 Å². The van der Waals surface area contributed by atoms with Gasteiger partial charge in [-0.25, -0.2) is 4.98 Å². The highest BCUT2D eigenvalue weighted by Crippen LogP contribution is 2.40. The molecule has 0 saturated heterocycles. The molecule has 106 valence electrons. The molecule has 1 aromatic heterocycles. The molecule has 0 aliphatic rings. The van der Waals surface area contributed by atoms with Crippen LogP contribution in [0.1, 0.15) is 17.0 Å². The number of alkyl halides is 3. The van der Waals surface area contributed by atoms with Crippen LogP contribution in [-0.4, -0.2) is 18.3 Å². The van der Waals surface area contributed by atoms with Gasteiger partial charge in [-0.3, -0.25) is 0 Å². The van der Waals surface area contributed by atoms with E-state index in [0.717, 1.165) is 18.3 Å². The van der Waals surface area contributed by atoms with Gasteiger partial charge in [-0.2, -0.15) is 17.6 Å². The van der Waals surface area contributed by atoms with E-state index < -0.39 is 18.0 Å². The summed E-state index contributed by atoms with van der Waals surface area (Å²) < 4.78 is 57.7. The predicted molar refractivity (Wildman–Crippen MR) is 65.1 cm³/mol. The van der Waals surface area contributed by atoms with Crippen LogP contribution in [0.15, 0.2) is 42.6 Å². The van der Waals surface area contributed by atoms with Gasteiger partial charge in [0.1, 0.15) is 11.7 Å². The van der Waals surface area contributed by atoms with E-state index >= 15 is 0 Å². The van der Waals surface area contributed by atoms with Crippen molar-refractivity contribution in [3.63, 3.8) is 0 Å². The van der Waals surface area contributed by atoms with Gasteiger partial charge in [0.2, 0.25) is 5.95 Å². The summed E-state index contributed by atoms with van der Waals surface area (Å²) in [4.78, 5) is 3.27. The van der Waals surface area contributed by atoms with Gasteiger partial charge in [-0.05, 0) is 35.4 Å². The van der Waals surface area contributed by atoms with Gasteiger partial charge in [0, 0.05) is 6.20 Å². The maximum absolute atomic E-state index is 13.2. The van der Waals surface area contributed by atoms with Crippen LogP contribution in [0.3, 0.4) is 0 Å². The number of pyridine rings is 1. The van der Waals surface area contributed by atoms with Crippen LogP contribution < -0.4 is 4.74 Å². The molecular weight excluding hydrogens is 274 g/mol. The van der Waals surface area contributed by atoms with Crippen LogP contribution >= 0.6 is 0 Å². The van der Waals surface area contributed by atoms with E-state index in [1.165, 1.54) is 31.4 Å². The second-order valence-corrected chi connectivity index (χ2v) is 4.16. The summed E-state index contributed by atoms with van der Waals surface area (Å²) in [5.74, 6) is -2.38. The van der Waals surface area contributed by atoms with Gasteiger partial charge in [0.15, 0.2) is 0 Å². The smallest absolute Gasteiger partial charge is 0.399 e. The highest BCUT2D eigenvalue weighted by Gasteiger charge is 2.42. The van der Waals surface area contributed by atoms with Gasteiger partial charge in [0.25, 0.3) is 0 Å². The standard InChI is InChI=1S/C14H11F4NO/c1-20-11-4-2-9(3-5-11)13(14(16,17)18)10-6-7-19-12(15)8-10/h2-8,13H,1H3. The number of hydrogen-bond donors (Lipinski definition) is 0. The van der Waals surface area contributed by atoms with Crippen molar-refractivity contribution in [2.45, 2.75) is 12.1 Å². The third-order valence-electron chi connectivity index (χ3n) is 2.86. The van der Waals surface area contributed by atoms with E-state index in [1.54, 1.807) is 0 Å². The molecular formula is C14H11F4NO. The Hall–Kier alpha value is -2.11. The molecule has 0 aliphatic heterocycles. The summed E-state index contributed by atoms with van der Waals surface area (Å²) in [6.45, 7) is 0. The predicted octanol–water partition coefficient (Wildman–Crippen LogP) is 3.92. The molecule has 2 nitrogen and oxygen atoms in total. The Morgan fingerprint density at radius 1 is 1.05 bits per heavy atom. The molecule has 0 spiro atoms. The Kier molecular flexibility index (Phi) is 3.92. The molecule has 2 rings (SSSR count). The highest BCUT2D eigenvalue weighted by atomic mass is 19.4. The van der Waals surface area contributed by atoms with Crippen molar-refractivity contribution in [1.29, 1.82) is 0 Å². The fourth-order valence-corrected chi connectivity index (χ4v) is 1.96.